The molecule has 128 valence electrons. The van der Waals surface area contributed by atoms with Gasteiger partial charge in [0.1, 0.15) is 11.5 Å². The van der Waals surface area contributed by atoms with Gasteiger partial charge >= 0.3 is 6.36 Å². The lowest BCUT2D eigenvalue weighted by atomic mass is 10.1. The molecule has 0 aromatic heterocycles. The Bertz CT molecular complexity index is 693. The van der Waals surface area contributed by atoms with Crippen LogP contribution in [0.5, 0.6) is 11.5 Å². The summed E-state index contributed by atoms with van der Waals surface area (Å²) in [6.45, 7) is 3.25. The summed E-state index contributed by atoms with van der Waals surface area (Å²) in [5, 5.41) is 0. The normalized spacial score (nSPS) is 15.3. The van der Waals surface area contributed by atoms with Gasteiger partial charge in [-0.25, -0.2) is 0 Å². The maximum atomic E-state index is 12.3. The Balaban J connectivity index is 2.23. The van der Waals surface area contributed by atoms with Crippen molar-refractivity contribution in [3.8, 4) is 11.5 Å². The van der Waals surface area contributed by atoms with Gasteiger partial charge in [-0.05, 0) is 36.6 Å². The molecule has 0 bridgehead atoms. The van der Waals surface area contributed by atoms with Crippen LogP contribution in [0.3, 0.4) is 0 Å². The number of benzene rings is 1. The van der Waals surface area contributed by atoms with Crippen molar-refractivity contribution < 1.29 is 35.2 Å². The molecular formula is C14H15F3O5S. The minimum absolute atomic E-state index is 0.00626. The topological polar surface area (TPSA) is 61.8 Å². The van der Waals surface area contributed by atoms with E-state index in [2.05, 4.69) is 15.5 Å². The van der Waals surface area contributed by atoms with E-state index in [0.29, 0.717) is 5.75 Å². The van der Waals surface area contributed by atoms with Crippen molar-refractivity contribution in [3.05, 3.63) is 30.3 Å². The van der Waals surface area contributed by atoms with Crippen LogP contribution < -0.4 is 9.47 Å². The predicted molar refractivity (Wildman–Crippen MR) is 76.6 cm³/mol. The van der Waals surface area contributed by atoms with Gasteiger partial charge in [0.25, 0.3) is 10.1 Å². The highest BCUT2D eigenvalue weighted by Gasteiger charge is 2.32. The van der Waals surface area contributed by atoms with Crippen molar-refractivity contribution >= 4 is 15.7 Å². The molecule has 0 saturated heterocycles. The summed E-state index contributed by atoms with van der Waals surface area (Å²) in [4.78, 5) is 0. The second-order valence-electron chi connectivity index (χ2n) is 5.09. The molecule has 0 aliphatic heterocycles. The molecular weight excluding hydrogens is 337 g/mol. The first-order valence-corrected chi connectivity index (χ1v) is 8.44. The zero-order valence-electron chi connectivity index (χ0n) is 12.2. The summed E-state index contributed by atoms with van der Waals surface area (Å²) < 4.78 is 73.1. The number of halogens is 3. The van der Waals surface area contributed by atoms with Gasteiger partial charge in [-0.15, -0.1) is 13.2 Å². The Hall–Kier alpha value is -1.74. The highest BCUT2D eigenvalue weighted by Crippen LogP contribution is 2.36. The number of hydrogen-bond acceptors (Lipinski definition) is 5. The second kappa shape index (κ2) is 6.40. The van der Waals surface area contributed by atoms with E-state index >= 15 is 0 Å². The SMILES string of the molecule is C=C(COS(C)(=O)=O)c1cc(OC(F)(F)F)ccc1OC1CC1. The quantitative estimate of drug-likeness (QED) is 0.706. The third-order valence-electron chi connectivity index (χ3n) is 2.83. The molecule has 0 heterocycles. The number of alkyl halides is 3. The first-order chi connectivity index (χ1) is 10.5. The fraction of sp³-hybridized carbons (Fsp3) is 0.429. The Morgan fingerprint density at radius 1 is 1.35 bits per heavy atom. The van der Waals surface area contributed by atoms with Crippen molar-refractivity contribution in [2.45, 2.75) is 25.3 Å². The fourth-order valence-electron chi connectivity index (χ4n) is 1.71. The van der Waals surface area contributed by atoms with Crippen molar-refractivity contribution in [3.63, 3.8) is 0 Å². The zero-order valence-corrected chi connectivity index (χ0v) is 13.0. The van der Waals surface area contributed by atoms with E-state index in [1.54, 1.807) is 0 Å². The van der Waals surface area contributed by atoms with Crippen LogP contribution in [0, 0.1) is 0 Å². The molecule has 0 atom stereocenters. The Morgan fingerprint density at radius 2 is 2.00 bits per heavy atom. The third-order valence-corrected chi connectivity index (χ3v) is 3.38. The smallest absolute Gasteiger partial charge is 0.490 e. The average molecular weight is 352 g/mol. The molecule has 1 aromatic rings. The van der Waals surface area contributed by atoms with Gasteiger partial charge in [0, 0.05) is 5.56 Å². The van der Waals surface area contributed by atoms with E-state index in [9.17, 15) is 21.6 Å². The van der Waals surface area contributed by atoms with Gasteiger partial charge in [0.2, 0.25) is 0 Å². The summed E-state index contributed by atoms with van der Waals surface area (Å²) in [5.41, 5.74) is 0.376. The van der Waals surface area contributed by atoms with Gasteiger partial charge in [-0.2, -0.15) is 8.42 Å². The highest BCUT2D eigenvalue weighted by atomic mass is 32.2. The molecule has 1 aliphatic carbocycles. The molecule has 5 nitrogen and oxygen atoms in total. The Kier molecular flexibility index (Phi) is 4.90. The molecule has 23 heavy (non-hydrogen) atoms. The van der Waals surface area contributed by atoms with Crippen molar-refractivity contribution in [2.75, 3.05) is 12.9 Å². The first kappa shape index (κ1) is 17.6. The van der Waals surface area contributed by atoms with Crippen LogP contribution in [0.4, 0.5) is 13.2 Å². The fourth-order valence-corrected chi connectivity index (χ4v) is 2.06. The lowest BCUT2D eigenvalue weighted by Crippen LogP contribution is -2.17. The second-order valence-corrected chi connectivity index (χ2v) is 6.74. The molecule has 1 aromatic carbocycles. The zero-order chi connectivity index (χ0) is 17.3. The molecule has 1 saturated carbocycles. The van der Waals surface area contributed by atoms with Gasteiger partial charge in [-0.1, -0.05) is 6.58 Å². The van der Waals surface area contributed by atoms with Crippen LogP contribution in [0.25, 0.3) is 5.57 Å². The number of ether oxygens (including phenoxy) is 2. The molecule has 0 spiro atoms. The minimum atomic E-state index is -4.83. The largest absolute Gasteiger partial charge is 0.573 e. The monoisotopic (exact) mass is 352 g/mol. The summed E-state index contributed by atoms with van der Waals surface area (Å²) in [6.07, 6.45) is -2.25. The van der Waals surface area contributed by atoms with Gasteiger partial charge < -0.3 is 9.47 Å². The predicted octanol–water partition coefficient (Wildman–Crippen LogP) is 3.12. The summed E-state index contributed by atoms with van der Waals surface area (Å²) in [6, 6.07) is 3.55. The minimum Gasteiger partial charge on any atom is -0.490 e. The summed E-state index contributed by atoms with van der Waals surface area (Å²) in [7, 11) is -3.70. The van der Waals surface area contributed by atoms with Gasteiger partial charge in [-0.3, -0.25) is 4.18 Å². The maximum Gasteiger partial charge on any atom is 0.573 e. The van der Waals surface area contributed by atoms with E-state index < -0.39 is 28.8 Å². The lowest BCUT2D eigenvalue weighted by Gasteiger charge is -2.15. The Labute approximate surface area is 131 Å². The lowest BCUT2D eigenvalue weighted by molar-refractivity contribution is -0.274. The molecule has 0 amide bonds. The number of hydrogen-bond donors (Lipinski definition) is 0. The molecule has 1 aliphatic rings. The maximum absolute atomic E-state index is 12.3. The van der Waals surface area contributed by atoms with Gasteiger partial charge in [0.15, 0.2) is 0 Å². The van der Waals surface area contributed by atoms with Crippen LogP contribution in [0.15, 0.2) is 24.8 Å². The van der Waals surface area contributed by atoms with Crippen LogP contribution >= 0.6 is 0 Å². The molecule has 2 rings (SSSR count). The van der Waals surface area contributed by atoms with Crippen molar-refractivity contribution in [2.24, 2.45) is 0 Å². The van der Waals surface area contributed by atoms with Crippen LogP contribution in [0.1, 0.15) is 18.4 Å². The van der Waals surface area contributed by atoms with Gasteiger partial charge in [0.05, 0.1) is 19.0 Å². The van der Waals surface area contributed by atoms with Crippen LogP contribution in [-0.4, -0.2) is 33.7 Å². The van der Waals surface area contributed by atoms with E-state index in [-0.39, 0.29) is 17.2 Å². The van der Waals surface area contributed by atoms with Crippen molar-refractivity contribution in [1.29, 1.82) is 0 Å². The third kappa shape index (κ3) is 6.11. The summed E-state index contributed by atoms with van der Waals surface area (Å²) in [5.74, 6) is -0.139. The number of rotatable bonds is 7. The van der Waals surface area contributed by atoms with Crippen LogP contribution in [0.2, 0.25) is 0 Å². The van der Waals surface area contributed by atoms with Crippen molar-refractivity contribution in [1.82, 2.24) is 0 Å². The molecule has 0 N–H and O–H groups in total. The van der Waals surface area contributed by atoms with E-state index in [4.69, 9.17) is 4.74 Å². The Morgan fingerprint density at radius 3 is 2.52 bits per heavy atom. The average Bonchev–Trinajstić information content (AvgIpc) is 3.19. The van der Waals surface area contributed by atoms with Crippen LogP contribution in [-0.2, 0) is 14.3 Å². The molecule has 1 fully saturated rings. The molecule has 0 radical (unpaired) electrons. The first-order valence-electron chi connectivity index (χ1n) is 6.62. The van der Waals surface area contributed by atoms with E-state index in [1.807, 2.05) is 0 Å². The standard InChI is InChI=1S/C14H15F3O5S/c1-9(8-20-23(2,18)19)12-7-11(22-14(15,16)17)5-6-13(12)21-10-3-4-10/h5-7,10H,1,3-4,8H2,2H3. The highest BCUT2D eigenvalue weighted by molar-refractivity contribution is 7.86. The molecule has 0 unspecified atom stereocenters. The summed E-state index contributed by atoms with van der Waals surface area (Å²) >= 11 is 0. The molecule has 9 heteroatoms. The van der Waals surface area contributed by atoms with E-state index in [0.717, 1.165) is 31.2 Å². The van der Waals surface area contributed by atoms with E-state index in [1.165, 1.54) is 6.07 Å².